The van der Waals surface area contributed by atoms with E-state index in [0.29, 0.717) is 19.1 Å². The fraction of sp³-hybridized carbons (Fsp3) is 0.294. The maximum absolute atomic E-state index is 6.08. The van der Waals surface area contributed by atoms with Gasteiger partial charge in [0.25, 0.3) is 0 Å². The van der Waals surface area contributed by atoms with Gasteiger partial charge in [0, 0.05) is 17.4 Å². The van der Waals surface area contributed by atoms with Crippen LogP contribution in [0, 0.1) is 0 Å². The van der Waals surface area contributed by atoms with E-state index in [2.05, 4.69) is 12.1 Å². The van der Waals surface area contributed by atoms with Gasteiger partial charge >= 0.3 is 0 Å². The second-order valence-electron chi connectivity index (χ2n) is 4.59. The fourth-order valence-electron chi connectivity index (χ4n) is 2.11. The molecule has 0 bridgehead atoms. The third kappa shape index (κ3) is 3.99. The molecular formula is C17H19ClO2. The molecule has 20 heavy (non-hydrogen) atoms. The number of ether oxygens (including phenoxy) is 2. The summed E-state index contributed by atoms with van der Waals surface area (Å²) < 4.78 is 11.2. The van der Waals surface area contributed by atoms with Crippen molar-refractivity contribution in [1.82, 2.24) is 0 Å². The third-order valence-electron chi connectivity index (χ3n) is 3.20. The summed E-state index contributed by atoms with van der Waals surface area (Å²) in [6.07, 6.45) is 0. The van der Waals surface area contributed by atoms with E-state index in [9.17, 15) is 0 Å². The summed E-state index contributed by atoms with van der Waals surface area (Å²) in [6.45, 7) is 1.18. The van der Waals surface area contributed by atoms with E-state index >= 15 is 0 Å². The lowest BCUT2D eigenvalue weighted by atomic mass is 10.0. The summed E-state index contributed by atoms with van der Waals surface area (Å²) in [4.78, 5) is 0. The number of benzene rings is 2. The van der Waals surface area contributed by atoms with E-state index in [0.717, 1.165) is 11.3 Å². The van der Waals surface area contributed by atoms with Gasteiger partial charge in [-0.1, -0.05) is 48.5 Å². The Morgan fingerprint density at radius 2 is 1.70 bits per heavy atom. The highest BCUT2D eigenvalue weighted by molar-refractivity contribution is 6.18. The number of hydrogen-bond donors (Lipinski definition) is 0. The van der Waals surface area contributed by atoms with Gasteiger partial charge in [-0.2, -0.15) is 0 Å². The van der Waals surface area contributed by atoms with Crippen molar-refractivity contribution in [2.24, 2.45) is 0 Å². The monoisotopic (exact) mass is 290 g/mol. The molecule has 0 fully saturated rings. The molecule has 2 aromatic carbocycles. The van der Waals surface area contributed by atoms with Crippen molar-refractivity contribution in [3.05, 3.63) is 65.7 Å². The Morgan fingerprint density at radius 3 is 2.40 bits per heavy atom. The molecule has 0 spiro atoms. The molecule has 0 aromatic heterocycles. The number of methoxy groups -OCH3 is 1. The maximum Gasteiger partial charge on any atom is 0.122 e. The van der Waals surface area contributed by atoms with Crippen molar-refractivity contribution in [2.45, 2.75) is 12.5 Å². The van der Waals surface area contributed by atoms with Gasteiger partial charge in [0.2, 0.25) is 0 Å². The van der Waals surface area contributed by atoms with Crippen LogP contribution in [-0.2, 0) is 11.3 Å². The highest BCUT2D eigenvalue weighted by atomic mass is 35.5. The van der Waals surface area contributed by atoms with Crippen LogP contribution in [0.2, 0.25) is 0 Å². The van der Waals surface area contributed by atoms with Gasteiger partial charge in [-0.15, -0.1) is 11.6 Å². The summed E-state index contributed by atoms with van der Waals surface area (Å²) in [7, 11) is 1.68. The van der Waals surface area contributed by atoms with E-state index in [-0.39, 0.29) is 5.92 Å². The molecule has 106 valence electrons. The van der Waals surface area contributed by atoms with Crippen molar-refractivity contribution in [3.63, 3.8) is 0 Å². The number of para-hydroxylation sites is 1. The van der Waals surface area contributed by atoms with E-state index in [1.54, 1.807) is 7.11 Å². The van der Waals surface area contributed by atoms with Crippen LogP contribution in [-0.4, -0.2) is 19.6 Å². The number of halogens is 1. The van der Waals surface area contributed by atoms with Gasteiger partial charge in [-0.3, -0.25) is 0 Å². The Bertz CT molecular complexity index is 513. The number of hydrogen-bond acceptors (Lipinski definition) is 2. The van der Waals surface area contributed by atoms with Crippen molar-refractivity contribution in [1.29, 1.82) is 0 Å². The molecule has 0 aliphatic rings. The third-order valence-corrected chi connectivity index (χ3v) is 3.57. The average molecular weight is 291 g/mol. The predicted octanol–water partition coefficient (Wildman–Crippen LogP) is 4.23. The van der Waals surface area contributed by atoms with E-state index in [1.165, 1.54) is 5.56 Å². The first-order valence-electron chi connectivity index (χ1n) is 6.65. The molecule has 0 saturated heterocycles. The van der Waals surface area contributed by atoms with Crippen LogP contribution < -0.4 is 4.74 Å². The molecular weight excluding hydrogens is 272 g/mol. The normalized spacial score (nSPS) is 12.1. The van der Waals surface area contributed by atoms with Gasteiger partial charge in [-0.25, -0.2) is 0 Å². The Balaban J connectivity index is 1.95. The van der Waals surface area contributed by atoms with Crippen LogP contribution in [0.5, 0.6) is 5.75 Å². The number of rotatable bonds is 7. The summed E-state index contributed by atoms with van der Waals surface area (Å²) in [6, 6.07) is 18.1. The molecule has 0 unspecified atom stereocenters. The molecule has 0 amide bonds. The van der Waals surface area contributed by atoms with Crippen molar-refractivity contribution >= 4 is 11.6 Å². The van der Waals surface area contributed by atoms with Crippen LogP contribution in [0.4, 0.5) is 0 Å². The molecule has 2 aromatic rings. The average Bonchev–Trinajstić information content (AvgIpc) is 2.53. The molecule has 0 heterocycles. The first kappa shape index (κ1) is 14.9. The standard InChI is InChI=1S/C17H19ClO2/c1-19-17-10-6-5-9-16(17)15(11-18)13-20-12-14-7-3-2-4-8-14/h2-10,15H,11-13H2,1H3/t15-/m0/s1. The molecule has 2 rings (SSSR count). The smallest absolute Gasteiger partial charge is 0.122 e. The molecule has 2 nitrogen and oxygen atoms in total. The van der Waals surface area contributed by atoms with Gasteiger partial charge in [0.1, 0.15) is 5.75 Å². The van der Waals surface area contributed by atoms with E-state index in [1.807, 2.05) is 42.5 Å². The summed E-state index contributed by atoms with van der Waals surface area (Å²) >= 11 is 6.08. The molecule has 1 atom stereocenters. The zero-order valence-electron chi connectivity index (χ0n) is 11.6. The van der Waals surface area contributed by atoms with Gasteiger partial charge in [-0.05, 0) is 11.6 Å². The Kier molecular flexibility index (Phi) is 5.90. The Morgan fingerprint density at radius 1 is 1.00 bits per heavy atom. The molecule has 0 saturated carbocycles. The van der Waals surface area contributed by atoms with Gasteiger partial charge in [0.05, 0.1) is 20.3 Å². The second-order valence-corrected chi connectivity index (χ2v) is 4.90. The minimum atomic E-state index is 0.136. The molecule has 0 aliphatic heterocycles. The quantitative estimate of drug-likeness (QED) is 0.710. The zero-order valence-corrected chi connectivity index (χ0v) is 12.3. The summed E-state index contributed by atoms with van der Waals surface area (Å²) in [5, 5.41) is 0. The minimum absolute atomic E-state index is 0.136. The predicted molar refractivity (Wildman–Crippen MR) is 82.6 cm³/mol. The van der Waals surface area contributed by atoms with Crippen LogP contribution in [0.25, 0.3) is 0 Å². The fourth-order valence-corrected chi connectivity index (χ4v) is 2.37. The first-order chi connectivity index (χ1) is 9.85. The van der Waals surface area contributed by atoms with Gasteiger partial charge in [0.15, 0.2) is 0 Å². The molecule has 0 aliphatic carbocycles. The lowest BCUT2D eigenvalue weighted by molar-refractivity contribution is 0.110. The molecule has 3 heteroatoms. The Hall–Kier alpha value is -1.51. The topological polar surface area (TPSA) is 18.5 Å². The SMILES string of the molecule is COc1ccccc1[C@@H](CCl)COCc1ccccc1. The lowest BCUT2D eigenvalue weighted by Gasteiger charge is -2.17. The lowest BCUT2D eigenvalue weighted by Crippen LogP contribution is -2.11. The Labute approximate surface area is 125 Å². The van der Waals surface area contributed by atoms with Crippen molar-refractivity contribution < 1.29 is 9.47 Å². The molecule has 0 N–H and O–H groups in total. The largest absolute Gasteiger partial charge is 0.496 e. The van der Waals surface area contributed by atoms with E-state index in [4.69, 9.17) is 21.1 Å². The zero-order chi connectivity index (χ0) is 14.2. The second kappa shape index (κ2) is 7.93. The number of alkyl halides is 1. The van der Waals surface area contributed by atoms with Crippen LogP contribution in [0.15, 0.2) is 54.6 Å². The van der Waals surface area contributed by atoms with Crippen LogP contribution in [0.3, 0.4) is 0 Å². The highest BCUT2D eigenvalue weighted by Crippen LogP contribution is 2.27. The highest BCUT2D eigenvalue weighted by Gasteiger charge is 2.15. The molecule has 0 radical (unpaired) electrons. The van der Waals surface area contributed by atoms with Gasteiger partial charge < -0.3 is 9.47 Å². The minimum Gasteiger partial charge on any atom is -0.496 e. The van der Waals surface area contributed by atoms with Crippen molar-refractivity contribution in [3.8, 4) is 5.75 Å². The van der Waals surface area contributed by atoms with Crippen molar-refractivity contribution in [2.75, 3.05) is 19.6 Å². The maximum atomic E-state index is 6.08. The summed E-state index contributed by atoms with van der Waals surface area (Å²) in [5.74, 6) is 1.51. The van der Waals surface area contributed by atoms with Crippen LogP contribution >= 0.6 is 11.6 Å². The first-order valence-corrected chi connectivity index (χ1v) is 7.19. The van der Waals surface area contributed by atoms with Crippen LogP contribution in [0.1, 0.15) is 17.0 Å². The van der Waals surface area contributed by atoms with E-state index < -0.39 is 0 Å². The summed E-state index contributed by atoms with van der Waals surface area (Å²) in [5.41, 5.74) is 2.26.